The first-order chi connectivity index (χ1) is 7.20. The van der Waals surface area contributed by atoms with Crippen molar-refractivity contribution in [2.45, 2.75) is 0 Å². The van der Waals surface area contributed by atoms with Crippen LogP contribution in [0, 0.1) is 11.6 Å². The number of benzene rings is 2. The molecule has 1 nitrogen and oxygen atoms in total. The van der Waals surface area contributed by atoms with Crippen molar-refractivity contribution in [1.82, 2.24) is 0 Å². The Kier molecular flexibility index (Phi) is 2.37. The predicted molar refractivity (Wildman–Crippen MR) is 53.5 cm³/mol. The van der Waals surface area contributed by atoms with Crippen LogP contribution in [0.25, 0.3) is 11.1 Å². The molecule has 0 spiro atoms. The average Bonchev–Trinajstić information content (AvgIpc) is 2.27. The molecule has 0 unspecified atom stereocenters. The lowest BCUT2D eigenvalue weighted by Gasteiger charge is -2.05. The van der Waals surface area contributed by atoms with E-state index >= 15 is 0 Å². The van der Waals surface area contributed by atoms with Crippen molar-refractivity contribution in [1.29, 1.82) is 0 Å². The molecule has 0 atom stereocenters. The maximum absolute atomic E-state index is 13.1. The molecule has 2 rings (SSSR count). The highest BCUT2D eigenvalue weighted by Crippen LogP contribution is 2.32. The van der Waals surface area contributed by atoms with Gasteiger partial charge in [-0.05, 0) is 17.7 Å². The van der Waals surface area contributed by atoms with Crippen LogP contribution in [0.2, 0.25) is 0 Å². The Morgan fingerprint density at radius 1 is 0.867 bits per heavy atom. The van der Waals surface area contributed by atoms with Gasteiger partial charge in [0, 0.05) is 5.56 Å². The lowest BCUT2D eigenvalue weighted by Crippen LogP contribution is -1.87. The first kappa shape index (κ1) is 9.65. The molecular weight excluding hydrogens is 198 g/mol. The molecule has 76 valence electrons. The van der Waals surface area contributed by atoms with Gasteiger partial charge >= 0.3 is 0 Å². The largest absolute Gasteiger partial charge is 0.504 e. The zero-order chi connectivity index (χ0) is 10.8. The van der Waals surface area contributed by atoms with Gasteiger partial charge in [-0.3, -0.25) is 0 Å². The molecule has 0 aliphatic rings. The van der Waals surface area contributed by atoms with Gasteiger partial charge in [0.25, 0.3) is 0 Å². The molecule has 0 saturated heterocycles. The molecule has 0 aromatic heterocycles. The van der Waals surface area contributed by atoms with Crippen LogP contribution in [-0.4, -0.2) is 5.11 Å². The van der Waals surface area contributed by atoms with Crippen LogP contribution in [0.4, 0.5) is 8.78 Å². The lowest BCUT2D eigenvalue weighted by atomic mass is 10.0. The van der Waals surface area contributed by atoms with Gasteiger partial charge in [0.05, 0.1) is 0 Å². The molecule has 3 heteroatoms. The Morgan fingerprint density at radius 3 is 2.20 bits per heavy atom. The first-order valence-corrected chi connectivity index (χ1v) is 4.42. The Morgan fingerprint density at radius 2 is 1.53 bits per heavy atom. The quantitative estimate of drug-likeness (QED) is 0.758. The van der Waals surface area contributed by atoms with Crippen molar-refractivity contribution in [3.8, 4) is 16.9 Å². The molecule has 1 N–H and O–H groups in total. The Balaban J connectivity index is 2.60. The molecule has 0 radical (unpaired) electrons. The molecule has 15 heavy (non-hydrogen) atoms. The minimum atomic E-state index is -1.21. The van der Waals surface area contributed by atoms with Crippen LogP contribution in [-0.2, 0) is 0 Å². The number of aromatic hydroxyl groups is 1. The van der Waals surface area contributed by atoms with Gasteiger partial charge in [0.1, 0.15) is 0 Å². The number of hydrogen-bond acceptors (Lipinski definition) is 1. The highest BCUT2D eigenvalue weighted by atomic mass is 19.2. The summed E-state index contributed by atoms with van der Waals surface area (Å²) in [6.07, 6.45) is 0. The minimum absolute atomic E-state index is 0.287. The summed E-state index contributed by atoms with van der Waals surface area (Å²) in [4.78, 5) is 0. The summed E-state index contributed by atoms with van der Waals surface area (Å²) >= 11 is 0. The van der Waals surface area contributed by atoms with E-state index in [4.69, 9.17) is 0 Å². The van der Waals surface area contributed by atoms with Gasteiger partial charge in [-0.15, -0.1) is 0 Å². The van der Waals surface area contributed by atoms with Gasteiger partial charge in [0.15, 0.2) is 11.6 Å². The summed E-state index contributed by atoms with van der Waals surface area (Å²) in [6.45, 7) is 0. The summed E-state index contributed by atoms with van der Waals surface area (Å²) in [6, 6.07) is 11.1. The molecule has 0 saturated carbocycles. The van der Waals surface area contributed by atoms with Crippen LogP contribution in [0.3, 0.4) is 0 Å². The SMILES string of the molecule is Oc1c(-c2ccccc2)ccc(F)c1F. The van der Waals surface area contributed by atoms with Crippen LogP contribution in [0.1, 0.15) is 0 Å². The van der Waals surface area contributed by atoms with Gasteiger partial charge in [-0.1, -0.05) is 30.3 Å². The van der Waals surface area contributed by atoms with E-state index in [1.165, 1.54) is 6.07 Å². The molecule has 2 aromatic rings. The van der Waals surface area contributed by atoms with E-state index in [0.717, 1.165) is 6.07 Å². The van der Waals surface area contributed by atoms with Gasteiger partial charge < -0.3 is 5.11 Å². The zero-order valence-electron chi connectivity index (χ0n) is 7.74. The second kappa shape index (κ2) is 3.69. The maximum Gasteiger partial charge on any atom is 0.200 e. The third-order valence-electron chi connectivity index (χ3n) is 2.15. The number of hydrogen-bond donors (Lipinski definition) is 1. The van der Waals surface area contributed by atoms with Crippen LogP contribution in [0.15, 0.2) is 42.5 Å². The standard InChI is InChI=1S/C12H8F2O/c13-10-7-6-9(12(15)11(10)14)8-4-2-1-3-5-8/h1-7,15H. The maximum atomic E-state index is 13.1. The molecule has 0 bridgehead atoms. The molecular formula is C12H8F2O. The van der Waals surface area contributed by atoms with Crippen LogP contribution in [0.5, 0.6) is 5.75 Å². The van der Waals surface area contributed by atoms with Crippen molar-refractivity contribution >= 4 is 0 Å². The fraction of sp³-hybridized carbons (Fsp3) is 0. The number of phenolic OH excluding ortho intramolecular Hbond substituents is 1. The fourth-order valence-electron chi connectivity index (χ4n) is 1.39. The smallest absolute Gasteiger partial charge is 0.200 e. The first-order valence-electron chi connectivity index (χ1n) is 4.42. The van der Waals surface area contributed by atoms with Gasteiger partial charge in [0.2, 0.25) is 5.82 Å². The summed E-state index contributed by atoms with van der Waals surface area (Å²) in [7, 11) is 0. The molecule has 0 fully saturated rings. The number of phenols is 1. The van der Waals surface area contributed by atoms with E-state index in [9.17, 15) is 13.9 Å². The molecule has 0 heterocycles. The summed E-state index contributed by atoms with van der Waals surface area (Å²) < 4.78 is 25.8. The third kappa shape index (κ3) is 1.68. The normalized spacial score (nSPS) is 10.3. The van der Waals surface area contributed by atoms with E-state index in [2.05, 4.69) is 0 Å². The lowest BCUT2D eigenvalue weighted by molar-refractivity contribution is 0.409. The summed E-state index contributed by atoms with van der Waals surface area (Å²) in [5.41, 5.74) is 0.934. The monoisotopic (exact) mass is 206 g/mol. The Labute approximate surface area is 85.6 Å². The Hall–Kier alpha value is -1.90. The second-order valence-corrected chi connectivity index (χ2v) is 3.12. The highest BCUT2D eigenvalue weighted by Gasteiger charge is 2.12. The van der Waals surface area contributed by atoms with E-state index < -0.39 is 17.4 Å². The van der Waals surface area contributed by atoms with Crippen molar-refractivity contribution in [2.24, 2.45) is 0 Å². The van der Waals surface area contributed by atoms with Crippen LogP contribution >= 0.6 is 0 Å². The minimum Gasteiger partial charge on any atom is -0.504 e. The van der Waals surface area contributed by atoms with Crippen molar-refractivity contribution in [3.05, 3.63) is 54.1 Å². The molecule has 2 aromatic carbocycles. The summed E-state index contributed by atoms with van der Waals surface area (Å²) in [5, 5.41) is 9.42. The van der Waals surface area contributed by atoms with Crippen molar-refractivity contribution in [3.63, 3.8) is 0 Å². The van der Waals surface area contributed by atoms with E-state index in [1.54, 1.807) is 30.3 Å². The highest BCUT2D eigenvalue weighted by molar-refractivity contribution is 5.70. The fourth-order valence-corrected chi connectivity index (χ4v) is 1.39. The molecule has 0 aliphatic carbocycles. The Bertz CT molecular complexity index is 480. The van der Waals surface area contributed by atoms with Crippen molar-refractivity contribution in [2.75, 3.05) is 0 Å². The van der Waals surface area contributed by atoms with Gasteiger partial charge in [-0.2, -0.15) is 4.39 Å². The second-order valence-electron chi connectivity index (χ2n) is 3.12. The molecule has 0 aliphatic heterocycles. The zero-order valence-corrected chi connectivity index (χ0v) is 7.74. The van der Waals surface area contributed by atoms with E-state index in [-0.39, 0.29) is 5.56 Å². The third-order valence-corrected chi connectivity index (χ3v) is 2.15. The topological polar surface area (TPSA) is 20.2 Å². The van der Waals surface area contributed by atoms with Crippen LogP contribution < -0.4 is 0 Å². The predicted octanol–water partition coefficient (Wildman–Crippen LogP) is 3.34. The van der Waals surface area contributed by atoms with E-state index in [1.807, 2.05) is 0 Å². The number of rotatable bonds is 1. The van der Waals surface area contributed by atoms with Gasteiger partial charge in [-0.25, -0.2) is 4.39 Å². The van der Waals surface area contributed by atoms with E-state index in [0.29, 0.717) is 5.56 Å². The number of halogens is 2. The summed E-state index contributed by atoms with van der Waals surface area (Å²) in [5.74, 6) is -2.91. The molecule has 0 amide bonds. The average molecular weight is 206 g/mol. The van der Waals surface area contributed by atoms with Crippen molar-refractivity contribution < 1.29 is 13.9 Å².